The van der Waals surface area contributed by atoms with Crippen LogP contribution in [0.25, 0.3) is 0 Å². The Kier molecular flexibility index (Phi) is 4.44. The molecular formula is C13H19N3O2. The summed E-state index contributed by atoms with van der Waals surface area (Å²) in [7, 11) is 0. The largest absolute Gasteiger partial charge is 0.366 e. The maximum atomic E-state index is 11.9. The van der Waals surface area contributed by atoms with Crippen molar-refractivity contribution in [2.45, 2.75) is 26.8 Å². The highest BCUT2D eigenvalue weighted by Crippen LogP contribution is 2.19. The van der Waals surface area contributed by atoms with E-state index in [0.29, 0.717) is 16.8 Å². The fraction of sp³-hybridized carbons (Fsp3) is 0.385. The Morgan fingerprint density at radius 2 is 1.89 bits per heavy atom. The summed E-state index contributed by atoms with van der Waals surface area (Å²) in [5, 5.41) is 2.76. The number of benzene rings is 1. The number of rotatable bonds is 4. The van der Waals surface area contributed by atoms with Crippen LogP contribution in [0.1, 0.15) is 29.8 Å². The number of hydrogen-bond donors (Lipinski definition) is 3. The number of carbonyl (C=O) groups is 2. The van der Waals surface area contributed by atoms with Crippen molar-refractivity contribution < 1.29 is 9.59 Å². The number of hydrogen-bond acceptors (Lipinski definition) is 3. The molecule has 2 amide bonds. The highest BCUT2D eigenvalue weighted by atomic mass is 16.2. The van der Waals surface area contributed by atoms with E-state index in [1.54, 1.807) is 39.0 Å². The Balaban J connectivity index is 2.96. The lowest BCUT2D eigenvalue weighted by molar-refractivity contribution is -0.119. The fourth-order valence-electron chi connectivity index (χ4n) is 1.52. The third-order valence-corrected chi connectivity index (χ3v) is 3.06. The Morgan fingerprint density at radius 3 is 2.39 bits per heavy atom. The van der Waals surface area contributed by atoms with Crippen molar-refractivity contribution in [2.75, 3.05) is 5.32 Å². The zero-order valence-corrected chi connectivity index (χ0v) is 10.9. The van der Waals surface area contributed by atoms with Gasteiger partial charge in [-0.25, -0.2) is 0 Å². The van der Waals surface area contributed by atoms with Crippen molar-refractivity contribution in [3.63, 3.8) is 0 Å². The lowest BCUT2D eigenvalue weighted by Crippen LogP contribution is -2.34. The second-order valence-electron chi connectivity index (χ2n) is 4.48. The van der Waals surface area contributed by atoms with Gasteiger partial charge in [-0.15, -0.1) is 0 Å². The molecule has 5 nitrogen and oxygen atoms in total. The Labute approximate surface area is 107 Å². The number of anilines is 1. The molecule has 0 bridgehead atoms. The predicted octanol–water partition coefficient (Wildman–Crippen LogP) is 1.02. The monoisotopic (exact) mass is 249 g/mol. The lowest BCUT2D eigenvalue weighted by atomic mass is 10.0. The smallest absolute Gasteiger partial charge is 0.249 e. The van der Waals surface area contributed by atoms with Gasteiger partial charge >= 0.3 is 0 Å². The zero-order chi connectivity index (χ0) is 13.9. The molecule has 0 heterocycles. The van der Waals surface area contributed by atoms with E-state index in [-0.39, 0.29) is 17.9 Å². The van der Waals surface area contributed by atoms with Gasteiger partial charge in [0.1, 0.15) is 0 Å². The molecule has 18 heavy (non-hydrogen) atoms. The van der Waals surface area contributed by atoms with Gasteiger partial charge in [-0.3, -0.25) is 9.59 Å². The van der Waals surface area contributed by atoms with Crippen molar-refractivity contribution in [1.29, 1.82) is 0 Å². The molecule has 98 valence electrons. The van der Waals surface area contributed by atoms with Crippen molar-refractivity contribution in [3.05, 3.63) is 29.3 Å². The van der Waals surface area contributed by atoms with E-state index in [9.17, 15) is 9.59 Å². The SMILES string of the molecule is Cc1c(NC(=O)C(C)C(C)N)cccc1C(N)=O. The van der Waals surface area contributed by atoms with Crippen LogP contribution in [-0.2, 0) is 4.79 Å². The summed E-state index contributed by atoms with van der Waals surface area (Å²) in [5.41, 5.74) is 12.6. The molecule has 1 aromatic carbocycles. The minimum absolute atomic E-state index is 0.172. The molecule has 1 aromatic rings. The van der Waals surface area contributed by atoms with Gasteiger partial charge in [0.25, 0.3) is 0 Å². The third-order valence-electron chi connectivity index (χ3n) is 3.06. The van der Waals surface area contributed by atoms with E-state index in [0.717, 1.165) is 0 Å². The molecule has 5 N–H and O–H groups in total. The Hall–Kier alpha value is -1.88. The molecule has 2 unspecified atom stereocenters. The lowest BCUT2D eigenvalue weighted by Gasteiger charge is -2.17. The molecule has 0 fully saturated rings. The summed E-state index contributed by atoms with van der Waals surface area (Å²) in [6.07, 6.45) is 0. The van der Waals surface area contributed by atoms with Gasteiger partial charge < -0.3 is 16.8 Å². The van der Waals surface area contributed by atoms with Crippen LogP contribution in [0.5, 0.6) is 0 Å². The van der Waals surface area contributed by atoms with Gasteiger partial charge in [0.2, 0.25) is 11.8 Å². The van der Waals surface area contributed by atoms with E-state index in [1.807, 2.05) is 0 Å². The van der Waals surface area contributed by atoms with E-state index in [2.05, 4.69) is 5.32 Å². The highest BCUT2D eigenvalue weighted by Gasteiger charge is 2.18. The van der Waals surface area contributed by atoms with Crippen LogP contribution >= 0.6 is 0 Å². The molecule has 1 rings (SSSR count). The van der Waals surface area contributed by atoms with Crippen molar-refractivity contribution in [2.24, 2.45) is 17.4 Å². The van der Waals surface area contributed by atoms with Crippen LogP contribution in [0.3, 0.4) is 0 Å². The molecule has 0 saturated heterocycles. The molecule has 2 atom stereocenters. The summed E-state index contributed by atoms with van der Waals surface area (Å²) in [5.74, 6) is -0.986. The summed E-state index contributed by atoms with van der Waals surface area (Å²) in [6.45, 7) is 5.27. The first-order chi connectivity index (χ1) is 8.34. The average Bonchev–Trinajstić information content (AvgIpc) is 2.30. The number of nitrogens with one attached hydrogen (secondary N) is 1. The van der Waals surface area contributed by atoms with Crippen molar-refractivity contribution in [1.82, 2.24) is 0 Å². The second kappa shape index (κ2) is 5.64. The Bertz CT molecular complexity index is 469. The molecule has 0 aliphatic carbocycles. The summed E-state index contributed by atoms with van der Waals surface area (Å²) >= 11 is 0. The molecular weight excluding hydrogens is 230 g/mol. The number of carbonyl (C=O) groups excluding carboxylic acids is 2. The summed E-state index contributed by atoms with van der Waals surface area (Å²) in [6, 6.07) is 4.81. The first-order valence-electron chi connectivity index (χ1n) is 5.80. The molecule has 0 aromatic heterocycles. The van der Waals surface area contributed by atoms with Crippen LogP contribution in [0, 0.1) is 12.8 Å². The minimum Gasteiger partial charge on any atom is -0.366 e. The topological polar surface area (TPSA) is 98.2 Å². The standard InChI is InChI=1S/C13H19N3O2/c1-7(9(3)14)13(18)16-11-6-4-5-10(8(11)2)12(15)17/h4-7,9H,14H2,1-3H3,(H2,15,17)(H,16,18). The number of amides is 2. The van der Waals surface area contributed by atoms with Gasteiger partial charge in [0, 0.05) is 17.3 Å². The average molecular weight is 249 g/mol. The van der Waals surface area contributed by atoms with E-state index in [1.165, 1.54) is 0 Å². The highest BCUT2D eigenvalue weighted by molar-refractivity contribution is 5.99. The van der Waals surface area contributed by atoms with Crippen molar-refractivity contribution in [3.8, 4) is 0 Å². The zero-order valence-electron chi connectivity index (χ0n) is 10.9. The van der Waals surface area contributed by atoms with Crippen LogP contribution < -0.4 is 16.8 Å². The van der Waals surface area contributed by atoms with E-state index in [4.69, 9.17) is 11.5 Å². The number of primary amides is 1. The summed E-state index contributed by atoms with van der Waals surface area (Å²) < 4.78 is 0. The van der Waals surface area contributed by atoms with Gasteiger partial charge in [-0.05, 0) is 31.5 Å². The fourth-order valence-corrected chi connectivity index (χ4v) is 1.52. The van der Waals surface area contributed by atoms with Gasteiger partial charge in [-0.2, -0.15) is 0 Å². The summed E-state index contributed by atoms with van der Waals surface area (Å²) in [4.78, 5) is 23.1. The second-order valence-corrected chi connectivity index (χ2v) is 4.48. The first-order valence-corrected chi connectivity index (χ1v) is 5.80. The quantitative estimate of drug-likeness (QED) is 0.742. The molecule has 0 saturated carbocycles. The Morgan fingerprint density at radius 1 is 1.28 bits per heavy atom. The van der Waals surface area contributed by atoms with Gasteiger partial charge in [0.15, 0.2) is 0 Å². The molecule has 0 spiro atoms. The number of nitrogens with two attached hydrogens (primary N) is 2. The minimum atomic E-state index is -0.510. The predicted molar refractivity (Wildman–Crippen MR) is 71.1 cm³/mol. The van der Waals surface area contributed by atoms with Gasteiger partial charge in [0.05, 0.1) is 5.92 Å². The molecule has 0 aliphatic heterocycles. The normalized spacial score (nSPS) is 13.8. The third kappa shape index (κ3) is 3.07. The van der Waals surface area contributed by atoms with Crippen molar-refractivity contribution >= 4 is 17.5 Å². The first kappa shape index (κ1) is 14.2. The maximum Gasteiger partial charge on any atom is 0.249 e. The van der Waals surface area contributed by atoms with Crippen LogP contribution in [0.15, 0.2) is 18.2 Å². The van der Waals surface area contributed by atoms with Gasteiger partial charge in [-0.1, -0.05) is 13.0 Å². The molecule has 0 radical (unpaired) electrons. The maximum absolute atomic E-state index is 11.9. The van der Waals surface area contributed by atoms with E-state index >= 15 is 0 Å². The van der Waals surface area contributed by atoms with E-state index < -0.39 is 5.91 Å². The molecule has 5 heteroatoms. The van der Waals surface area contributed by atoms with Crippen LogP contribution in [-0.4, -0.2) is 17.9 Å². The van der Waals surface area contributed by atoms with Crippen LogP contribution in [0.2, 0.25) is 0 Å². The molecule has 0 aliphatic rings. The van der Waals surface area contributed by atoms with Crippen LogP contribution in [0.4, 0.5) is 5.69 Å².